The minimum Gasteiger partial charge on any atom is -0.357 e. The van der Waals surface area contributed by atoms with Gasteiger partial charge < -0.3 is 10.6 Å². The first-order chi connectivity index (χ1) is 12.7. The molecule has 142 valence electrons. The fourth-order valence-corrected chi connectivity index (χ4v) is 2.82. The van der Waals surface area contributed by atoms with Gasteiger partial charge in [-0.05, 0) is 32.4 Å². The summed E-state index contributed by atoms with van der Waals surface area (Å²) in [4.78, 5) is 4.70. The van der Waals surface area contributed by atoms with Crippen LogP contribution >= 0.6 is 0 Å². The zero-order chi connectivity index (χ0) is 18.6. The van der Waals surface area contributed by atoms with E-state index < -0.39 is 0 Å². The molecule has 1 aromatic carbocycles. The molecular weight excluding hydrogens is 324 g/mol. The summed E-state index contributed by atoms with van der Waals surface area (Å²) in [5, 5.41) is 15.1. The zero-order valence-corrected chi connectivity index (χ0v) is 16.3. The number of nitrogens with one attached hydrogen (secondary N) is 2. The number of nitrogens with zero attached hydrogens (tertiary/aromatic N) is 4. The number of rotatable bonds is 10. The first-order valence-corrected chi connectivity index (χ1v) is 9.73. The predicted octanol–water partition coefficient (Wildman–Crippen LogP) is 3.68. The minimum absolute atomic E-state index is 0.400. The lowest BCUT2D eigenvalue weighted by Gasteiger charge is -2.17. The van der Waals surface area contributed by atoms with Gasteiger partial charge in [-0.25, -0.2) is 4.99 Å². The number of hydrogen-bond acceptors (Lipinski definition) is 3. The zero-order valence-electron chi connectivity index (χ0n) is 16.3. The Morgan fingerprint density at radius 2 is 1.96 bits per heavy atom. The summed E-state index contributed by atoms with van der Waals surface area (Å²) < 4.78 is 1.97. The summed E-state index contributed by atoms with van der Waals surface area (Å²) in [5.41, 5.74) is 1.05. The van der Waals surface area contributed by atoms with Gasteiger partial charge in [0.05, 0.1) is 0 Å². The third-order valence-corrected chi connectivity index (χ3v) is 4.25. The van der Waals surface area contributed by atoms with Crippen LogP contribution in [0.15, 0.2) is 41.7 Å². The van der Waals surface area contributed by atoms with Crippen LogP contribution in [0.1, 0.15) is 58.7 Å². The first kappa shape index (κ1) is 19.9. The van der Waals surface area contributed by atoms with E-state index >= 15 is 0 Å². The maximum absolute atomic E-state index is 4.70. The fraction of sp³-hybridized carbons (Fsp3) is 0.550. The molecule has 1 aromatic heterocycles. The number of unbranched alkanes of at least 4 members (excludes halogenated alkanes) is 3. The van der Waals surface area contributed by atoms with E-state index in [1.54, 1.807) is 6.33 Å². The Balaban J connectivity index is 1.96. The average molecular weight is 357 g/mol. The van der Waals surface area contributed by atoms with Gasteiger partial charge in [-0.15, -0.1) is 10.2 Å². The van der Waals surface area contributed by atoms with Crippen molar-refractivity contribution in [1.82, 2.24) is 25.4 Å². The van der Waals surface area contributed by atoms with Gasteiger partial charge in [0.2, 0.25) is 0 Å². The molecule has 2 N–H and O–H groups in total. The van der Waals surface area contributed by atoms with Crippen molar-refractivity contribution in [2.75, 3.05) is 6.54 Å². The highest BCUT2D eigenvalue weighted by Crippen LogP contribution is 2.10. The molecule has 0 aliphatic carbocycles. The van der Waals surface area contributed by atoms with Crippen LogP contribution in [0.25, 0.3) is 5.69 Å². The Kier molecular flexibility index (Phi) is 8.66. The van der Waals surface area contributed by atoms with Crippen molar-refractivity contribution in [3.8, 4) is 5.69 Å². The highest BCUT2D eigenvalue weighted by molar-refractivity contribution is 5.79. The van der Waals surface area contributed by atoms with E-state index in [2.05, 4.69) is 41.6 Å². The summed E-state index contributed by atoms with van der Waals surface area (Å²) in [5.74, 6) is 1.65. The van der Waals surface area contributed by atoms with Gasteiger partial charge in [-0.3, -0.25) is 4.57 Å². The lowest BCUT2D eigenvalue weighted by atomic mass is 10.1. The molecule has 6 heteroatoms. The Labute approximate surface area is 157 Å². The normalized spacial score (nSPS) is 12.8. The summed E-state index contributed by atoms with van der Waals surface area (Å²) >= 11 is 0. The second kappa shape index (κ2) is 11.3. The van der Waals surface area contributed by atoms with Gasteiger partial charge >= 0.3 is 0 Å². The van der Waals surface area contributed by atoms with E-state index in [1.165, 1.54) is 25.7 Å². The van der Waals surface area contributed by atoms with Crippen LogP contribution in [-0.4, -0.2) is 33.3 Å². The van der Waals surface area contributed by atoms with E-state index in [1.807, 2.05) is 34.9 Å². The number of aromatic nitrogens is 3. The van der Waals surface area contributed by atoms with Crippen LogP contribution in [0.2, 0.25) is 0 Å². The van der Waals surface area contributed by atoms with Crippen LogP contribution in [0.3, 0.4) is 0 Å². The van der Waals surface area contributed by atoms with E-state index in [-0.39, 0.29) is 0 Å². The Morgan fingerprint density at radius 1 is 1.15 bits per heavy atom. The van der Waals surface area contributed by atoms with Crippen molar-refractivity contribution in [2.24, 2.45) is 4.99 Å². The number of aliphatic imine (C=N–C) groups is 1. The molecule has 2 rings (SSSR count). The van der Waals surface area contributed by atoms with E-state index in [9.17, 15) is 0 Å². The van der Waals surface area contributed by atoms with Crippen LogP contribution in [0.4, 0.5) is 0 Å². The molecule has 0 saturated heterocycles. The molecule has 1 heterocycles. The van der Waals surface area contributed by atoms with Crippen LogP contribution < -0.4 is 10.6 Å². The average Bonchev–Trinajstić information content (AvgIpc) is 3.13. The van der Waals surface area contributed by atoms with E-state index in [0.29, 0.717) is 12.6 Å². The maximum Gasteiger partial charge on any atom is 0.191 e. The monoisotopic (exact) mass is 356 g/mol. The quantitative estimate of drug-likeness (QED) is 0.387. The summed E-state index contributed by atoms with van der Waals surface area (Å²) in [7, 11) is 0. The van der Waals surface area contributed by atoms with Crippen molar-refractivity contribution < 1.29 is 0 Å². The standard InChI is InChI=1S/C20H32N6/c1-4-6-7-9-12-17(3)24-20(21-5-2)22-15-19-25-23-16-26(19)18-13-10-8-11-14-18/h8,10-11,13-14,16-17H,4-7,9,12,15H2,1-3H3,(H2,21,22,24). The first-order valence-electron chi connectivity index (χ1n) is 9.73. The van der Waals surface area contributed by atoms with Gasteiger partial charge in [0, 0.05) is 18.3 Å². The second-order valence-electron chi connectivity index (χ2n) is 6.54. The van der Waals surface area contributed by atoms with Gasteiger partial charge in [0.15, 0.2) is 11.8 Å². The number of guanidine groups is 1. The van der Waals surface area contributed by atoms with Crippen molar-refractivity contribution in [2.45, 2.75) is 65.5 Å². The highest BCUT2D eigenvalue weighted by atomic mass is 15.3. The van der Waals surface area contributed by atoms with Crippen LogP contribution in [0.5, 0.6) is 0 Å². The fourth-order valence-electron chi connectivity index (χ4n) is 2.82. The smallest absolute Gasteiger partial charge is 0.191 e. The van der Waals surface area contributed by atoms with E-state index in [0.717, 1.165) is 30.4 Å². The molecule has 0 aliphatic rings. The molecule has 0 aliphatic heterocycles. The third kappa shape index (κ3) is 6.50. The molecule has 6 nitrogen and oxygen atoms in total. The lowest BCUT2D eigenvalue weighted by Crippen LogP contribution is -2.42. The number of benzene rings is 1. The summed E-state index contributed by atoms with van der Waals surface area (Å²) in [6.07, 6.45) is 8.03. The molecule has 0 spiro atoms. The lowest BCUT2D eigenvalue weighted by molar-refractivity contribution is 0.537. The van der Waals surface area contributed by atoms with Crippen molar-refractivity contribution in [3.63, 3.8) is 0 Å². The maximum atomic E-state index is 4.70. The molecule has 0 fully saturated rings. The molecule has 0 bridgehead atoms. The second-order valence-corrected chi connectivity index (χ2v) is 6.54. The highest BCUT2D eigenvalue weighted by Gasteiger charge is 2.08. The molecule has 0 radical (unpaired) electrons. The topological polar surface area (TPSA) is 67.1 Å². The molecule has 26 heavy (non-hydrogen) atoms. The molecular formula is C20H32N6. The van der Waals surface area contributed by atoms with Crippen molar-refractivity contribution in [1.29, 1.82) is 0 Å². The SMILES string of the molecule is CCCCCCC(C)NC(=NCc1nncn1-c1ccccc1)NCC. The van der Waals surface area contributed by atoms with Crippen molar-refractivity contribution >= 4 is 5.96 Å². The molecule has 1 unspecified atom stereocenters. The van der Waals surface area contributed by atoms with Gasteiger partial charge in [0.1, 0.15) is 12.9 Å². The third-order valence-electron chi connectivity index (χ3n) is 4.25. The summed E-state index contributed by atoms with van der Waals surface area (Å²) in [6, 6.07) is 10.5. The minimum atomic E-state index is 0.400. The molecule has 1 atom stereocenters. The Bertz CT molecular complexity index is 649. The number of para-hydroxylation sites is 1. The molecule has 2 aromatic rings. The van der Waals surface area contributed by atoms with Crippen LogP contribution in [0, 0.1) is 0 Å². The van der Waals surface area contributed by atoms with E-state index in [4.69, 9.17) is 4.99 Å². The molecule has 0 saturated carbocycles. The number of hydrogen-bond donors (Lipinski definition) is 2. The van der Waals surface area contributed by atoms with Gasteiger partial charge in [-0.1, -0.05) is 50.8 Å². The van der Waals surface area contributed by atoms with Crippen LogP contribution in [-0.2, 0) is 6.54 Å². The van der Waals surface area contributed by atoms with Crippen molar-refractivity contribution in [3.05, 3.63) is 42.5 Å². The summed E-state index contributed by atoms with van der Waals surface area (Å²) in [6.45, 7) is 7.85. The molecule has 0 amide bonds. The predicted molar refractivity (Wildman–Crippen MR) is 108 cm³/mol. The van der Waals surface area contributed by atoms with Gasteiger partial charge in [0.25, 0.3) is 0 Å². The Morgan fingerprint density at radius 3 is 2.69 bits per heavy atom. The Hall–Kier alpha value is -2.37. The van der Waals surface area contributed by atoms with Gasteiger partial charge in [-0.2, -0.15) is 0 Å². The largest absolute Gasteiger partial charge is 0.357 e.